The van der Waals surface area contributed by atoms with Gasteiger partial charge < -0.3 is 44.6 Å². The number of nitrogens with two attached hydrogens (primary N) is 2. The van der Waals surface area contributed by atoms with Crippen LogP contribution in [0.1, 0.15) is 61.8 Å². The minimum atomic E-state index is -0.476. The largest absolute Gasteiger partial charge is 0.490 e. The fourth-order valence-electron chi connectivity index (χ4n) is 4.80. The van der Waals surface area contributed by atoms with E-state index in [0.29, 0.717) is 70.5 Å². The summed E-state index contributed by atoms with van der Waals surface area (Å²) in [4.78, 5) is 22.4. The van der Waals surface area contributed by atoms with Gasteiger partial charge in [-0.2, -0.15) is 0 Å². The number of nitrogens with one attached hydrogen (secondary N) is 4. The monoisotopic (exact) mass is 769 g/mol. The summed E-state index contributed by atoms with van der Waals surface area (Å²) in [5, 5.41) is 15.2. The first-order valence-corrected chi connectivity index (χ1v) is 18.9. The number of aldehydes is 1. The molecule has 0 radical (unpaired) electrons. The van der Waals surface area contributed by atoms with E-state index >= 15 is 0 Å². The maximum Gasteiger partial charge on any atom is 0.407 e. The summed E-state index contributed by atoms with van der Waals surface area (Å²) >= 11 is 1.62. The van der Waals surface area contributed by atoms with Crippen LogP contribution in [0.5, 0.6) is 11.5 Å². The lowest BCUT2D eigenvalue weighted by Crippen LogP contribution is -2.34. The van der Waals surface area contributed by atoms with E-state index in [2.05, 4.69) is 28.2 Å². The number of alkyl carbamates (subject to hydrolysis) is 1. The number of amidine groups is 1. The minimum absolute atomic E-state index is 0.0515. The zero-order chi connectivity index (χ0) is 39.8. The van der Waals surface area contributed by atoms with Crippen LogP contribution in [0, 0.1) is 5.41 Å². The fraction of sp³-hybridized carbons (Fsp3) is 0.462. The molecule has 0 fully saturated rings. The lowest BCUT2D eigenvalue weighted by Gasteiger charge is -2.19. The van der Waals surface area contributed by atoms with Crippen molar-refractivity contribution < 1.29 is 33.3 Å². The number of ether oxygens (including phenoxy) is 5. The van der Waals surface area contributed by atoms with Crippen molar-refractivity contribution in [2.45, 2.75) is 53.2 Å². The number of benzene rings is 2. The first-order valence-electron chi connectivity index (χ1n) is 18.0. The number of carbonyl (C=O) groups is 2. The molecular formula is C39H59N7O7S. The molecule has 0 atom stereocenters. The van der Waals surface area contributed by atoms with Crippen molar-refractivity contribution in [3.63, 3.8) is 0 Å². The third-order valence-corrected chi connectivity index (χ3v) is 8.06. The molecule has 4 aromatic rings. The first kappa shape index (κ1) is 45.6. The minimum Gasteiger partial charge on any atom is -0.490 e. The summed E-state index contributed by atoms with van der Waals surface area (Å²) in [5.41, 5.74) is 12.2. The van der Waals surface area contributed by atoms with Gasteiger partial charge in [-0.3, -0.25) is 21.5 Å². The van der Waals surface area contributed by atoms with E-state index in [1.54, 1.807) is 11.3 Å². The number of carbonyl (C=O) groups excluding carboxylic acids is 2. The van der Waals surface area contributed by atoms with Crippen molar-refractivity contribution in [2.24, 2.45) is 11.6 Å². The Morgan fingerprint density at radius 2 is 1.61 bits per heavy atom. The fourth-order valence-corrected chi connectivity index (χ4v) is 5.63. The molecule has 0 saturated carbocycles. The summed E-state index contributed by atoms with van der Waals surface area (Å²) in [6.07, 6.45) is 1.45. The van der Waals surface area contributed by atoms with E-state index in [-0.39, 0.29) is 5.84 Å². The van der Waals surface area contributed by atoms with Gasteiger partial charge in [-0.25, -0.2) is 4.79 Å². The van der Waals surface area contributed by atoms with Crippen LogP contribution in [0.15, 0.2) is 60.0 Å². The summed E-state index contributed by atoms with van der Waals surface area (Å²) in [7, 11) is 1.96. The van der Waals surface area contributed by atoms with E-state index < -0.39 is 11.7 Å². The van der Waals surface area contributed by atoms with Crippen LogP contribution >= 0.6 is 11.3 Å². The van der Waals surface area contributed by atoms with Gasteiger partial charge in [-0.15, -0.1) is 11.3 Å². The molecule has 0 bridgehead atoms. The molecule has 0 spiro atoms. The number of thiophene rings is 1. The van der Waals surface area contributed by atoms with Crippen molar-refractivity contribution in [1.82, 2.24) is 20.6 Å². The number of aromatic nitrogens is 1. The van der Waals surface area contributed by atoms with Gasteiger partial charge in [0.05, 0.1) is 55.6 Å². The van der Waals surface area contributed by atoms with Crippen molar-refractivity contribution in [2.75, 3.05) is 66.3 Å². The van der Waals surface area contributed by atoms with Crippen LogP contribution in [-0.2, 0) is 27.2 Å². The third-order valence-electron chi connectivity index (χ3n) is 7.20. The zero-order valence-corrected chi connectivity index (χ0v) is 33.3. The lowest BCUT2D eigenvalue weighted by atomic mass is 10.1. The SMILES string of the molecule is CC(C)(C)OC(=O)NCCOCCOCCNN.CCOc1ccc(CCNC)cc1OCC.N=C(N)c1cccc(Cn2c(C=O)cc3sccc32)c1. The maximum atomic E-state index is 11.2. The topological polar surface area (TPSA) is 197 Å². The van der Waals surface area contributed by atoms with Crippen LogP contribution < -0.4 is 37.1 Å². The van der Waals surface area contributed by atoms with Gasteiger partial charge in [0, 0.05) is 25.2 Å². The Bertz CT molecular complexity index is 1690. The highest BCUT2D eigenvalue weighted by molar-refractivity contribution is 7.17. The third kappa shape index (κ3) is 17.5. The smallest absolute Gasteiger partial charge is 0.407 e. The van der Waals surface area contributed by atoms with E-state index in [0.717, 1.165) is 46.5 Å². The molecule has 0 aliphatic rings. The molecule has 4 rings (SSSR count). The van der Waals surface area contributed by atoms with E-state index in [9.17, 15) is 9.59 Å². The Labute approximate surface area is 323 Å². The molecule has 298 valence electrons. The van der Waals surface area contributed by atoms with Crippen LogP contribution in [0.25, 0.3) is 10.2 Å². The van der Waals surface area contributed by atoms with Gasteiger partial charge in [-0.05, 0) is 101 Å². The van der Waals surface area contributed by atoms with Crippen molar-refractivity contribution in [3.8, 4) is 11.5 Å². The number of hydrazine groups is 1. The van der Waals surface area contributed by atoms with Crippen LogP contribution in [0.2, 0.25) is 0 Å². The molecule has 0 aliphatic carbocycles. The molecule has 0 unspecified atom stereocenters. The summed E-state index contributed by atoms with van der Waals surface area (Å²) < 4.78 is 29.7. The number of amides is 1. The number of nitrogens with zero attached hydrogens (tertiary/aromatic N) is 1. The molecule has 2 aromatic carbocycles. The molecule has 1 amide bonds. The second-order valence-electron chi connectivity index (χ2n) is 12.7. The predicted octanol–water partition coefficient (Wildman–Crippen LogP) is 5.10. The molecule has 2 aromatic heterocycles. The van der Waals surface area contributed by atoms with E-state index in [1.165, 1.54) is 5.56 Å². The molecule has 54 heavy (non-hydrogen) atoms. The van der Waals surface area contributed by atoms with Crippen molar-refractivity contribution in [1.29, 1.82) is 5.41 Å². The van der Waals surface area contributed by atoms with Gasteiger partial charge in [0.1, 0.15) is 11.4 Å². The van der Waals surface area contributed by atoms with Crippen molar-refractivity contribution >= 4 is 39.8 Å². The van der Waals surface area contributed by atoms with Crippen LogP contribution in [-0.4, -0.2) is 94.7 Å². The van der Waals surface area contributed by atoms with E-state index in [4.69, 9.17) is 40.7 Å². The van der Waals surface area contributed by atoms with Gasteiger partial charge in [-0.1, -0.05) is 24.3 Å². The van der Waals surface area contributed by atoms with Gasteiger partial charge in [0.25, 0.3) is 0 Å². The van der Waals surface area contributed by atoms with Crippen molar-refractivity contribution in [3.05, 3.63) is 82.4 Å². The lowest BCUT2D eigenvalue weighted by molar-refractivity contribution is 0.0403. The van der Waals surface area contributed by atoms with E-state index in [1.807, 2.05) is 94.1 Å². The maximum absolute atomic E-state index is 11.2. The number of rotatable bonds is 20. The van der Waals surface area contributed by atoms with Gasteiger partial charge in [0.2, 0.25) is 0 Å². The second kappa shape index (κ2) is 25.5. The van der Waals surface area contributed by atoms with Gasteiger partial charge in [0.15, 0.2) is 17.8 Å². The average Bonchev–Trinajstić information content (AvgIpc) is 3.73. The number of hydrogen-bond donors (Lipinski definition) is 6. The van der Waals surface area contributed by atoms with Gasteiger partial charge >= 0.3 is 6.09 Å². The number of likely N-dealkylation sites (N-methyl/N-ethyl adjacent to an activating group) is 1. The Morgan fingerprint density at radius 1 is 0.907 bits per heavy atom. The highest BCUT2D eigenvalue weighted by Crippen LogP contribution is 2.29. The number of fused-ring (bicyclic) bond motifs is 1. The van der Waals surface area contributed by atoms with Crippen LogP contribution in [0.3, 0.4) is 0 Å². The molecule has 0 saturated heterocycles. The summed E-state index contributed by atoms with van der Waals surface area (Å²) in [6, 6.07) is 17.6. The molecule has 8 N–H and O–H groups in total. The highest BCUT2D eigenvalue weighted by atomic mass is 32.1. The highest BCUT2D eigenvalue weighted by Gasteiger charge is 2.15. The molecule has 15 heteroatoms. The normalized spacial score (nSPS) is 10.8. The summed E-state index contributed by atoms with van der Waals surface area (Å²) in [6.45, 7) is 15.3. The second-order valence-corrected chi connectivity index (χ2v) is 13.6. The molecule has 0 aliphatic heterocycles. The van der Waals surface area contributed by atoms with Crippen LogP contribution in [0.4, 0.5) is 4.79 Å². The standard InChI is InChI=1S/C15H13N3OS.C13H21NO2.C11H25N3O4/c16-15(17)11-3-1-2-10(6-11)8-18-12(9-19)7-14-13(18)4-5-20-14;1-4-15-12-7-6-11(8-9-14-3)10-13(12)16-5-2;1-11(2,3)18-10(15)13-4-6-16-8-9-17-7-5-14-12/h1-7,9H,8H2,(H3,16,17);6-7,10,14H,4-5,8-9H2,1-3H3;14H,4-9,12H2,1-3H3,(H,13,15). The Kier molecular flexibility index (Phi) is 21.6. The quantitative estimate of drug-likeness (QED) is 0.0175. The molecule has 14 nitrogen and oxygen atoms in total. The Balaban J connectivity index is 0.000000282. The average molecular weight is 770 g/mol. The number of nitrogen functional groups attached to an aromatic ring is 1. The predicted molar refractivity (Wildman–Crippen MR) is 216 cm³/mol. The first-order chi connectivity index (χ1) is 26.0. The zero-order valence-electron chi connectivity index (χ0n) is 32.5. The Hall–Kier alpha value is -4.51. The number of hydrogen-bond acceptors (Lipinski definition) is 12. The molecule has 2 heterocycles. The summed E-state index contributed by atoms with van der Waals surface area (Å²) in [5.74, 6) is 6.80. The Morgan fingerprint density at radius 3 is 2.24 bits per heavy atom. The molecular weight excluding hydrogens is 711 g/mol.